The van der Waals surface area contributed by atoms with Crippen molar-refractivity contribution in [2.75, 3.05) is 19.6 Å². The molecule has 17 heavy (non-hydrogen) atoms. The predicted molar refractivity (Wildman–Crippen MR) is 70.8 cm³/mol. The van der Waals surface area contributed by atoms with Crippen LogP contribution in [-0.4, -0.2) is 41.2 Å². The summed E-state index contributed by atoms with van der Waals surface area (Å²) in [5.41, 5.74) is 0.302. The largest absolute Gasteiger partial charge is 0.411 e. The molecule has 0 fully saturated rings. The highest BCUT2D eigenvalue weighted by Crippen LogP contribution is 2.02. The van der Waals surface area contributed by atoms with E-state index in [0.29, 0.717) is 18.7 Å². The van der Waals surface area contributed by atoms with Crippen LogP contribution in [0.2, 0.25) is 0 Å². The summed E-state index contributed by atoms with van der Waals surface area (Å²) in [6.45, 7) is 8.51. The van der Waals surface area contributed by atoms with Crippen LogP contribution in [-0.2, 0) is 4.79 Å². The number of ketones is 1. The molecular weight excluding hydrogens is 216 g/mol. The van der Waals surface area contributed by atoms with Gasteiger partial charge in [0.1, 0.15) is 5.71 Å². The number of hydrogen-bond donors (Lipinski definition) is 1. The number of oxime groups is 1. The van der Waals surface area contributed by atoms with Crippen molar-refractivity contribution in [1.82, 2.24) is 4.90 Å². The van der Waals surface area contributed by atoms with E-state index < -0.39 is 0 Å². The Morgan fingerprint density at radius 2 is 1.88 bits per heavy atom. The Labute approximate surface area is 105 Å². The quantitative estimate of drug-likeness (QED) is 0.277. The number of carbonyl (C=O) groups excluding carboxylic acids is 1. The molecule has 0 aliphatic rings. The number of nitrogens with zero attached hydrogens (tertiary/aromatic N) is 2. The number of hydrogen-bond acceptors (Lipinski definition) is 4. The van der Waals surface area contributed by atoms with Gasteiger partial charge in [0.25, 0.3) is 0 Å². The minimum Gasteiger partial charge on any atom is -0.411 e. The molecule has 100 valence electrons. The summed E-state index contributed by atoms with van der Waals surface area (Å²) in [5.74, 6) is -0.0181. The normalized spacial score (nSPS) is 12.1. The van der Waals surface area contributed by atoms with E-state index in [1.54, 1.807) is 0 Å². The van der Waals surface area contributed by atoms with E-state index in [-0.39, 0.29) is 5.78 Å². The summed E-state index contributed by atoms with van der Waals surface area (Å²) in [7, 11) is 0. The monoisotopic (exact) mass is 242 g/mol. The molecule has 0 bridgehead atoms. The van der Waals surface area contributed by atoms with Gasteiger partial charge in [0, 0.05) is 13.0 Å². The number of rotatable bonds is 10. The molecule has 0 rings (SSSR count). The summed E-state index contributed by atoms with van der Waals surface area (Å²) in [6, 6.07) is 0. The Morgan fingerprint density at radius 3 is 2.35 bits per heavy atom. The van der Waals surface area contributed by atoms with Crippen LogP contribution in [0.15, 0.2) is 5.16 Å². The molecule has 0 radical (unpaired) electrons. The van der Waals surface area contributed by atoms with Crippen LogP contribution in [0.5, 0.6) is 0 Å². The minimum absolute atomic E-state index is 0.0181. The zero-order valence-corrected chi connectivity index (χ0v) is 11.4. The van der Waals surface area contributed by atoms with E-state index in [9.17, 15) is 4.79 Å². The highest BCUT2D eigenvalue weighted by molar-refractivity contribution is 6.40. The number of Topliss-reactive ketones (excluding diaryl/α,β-unsaturated/α-hetero) is 1. The summed E-state index contributed by atoms with van der Waals surface area (Å²) >= 11 is 0. The fraction of sp³-hybridized carbons (Fsp3) is 0.846. The Kier molecular flexibility index (Phi) is 9.72. The highest BCUT2D eigenvalue weighted by atomic mass is 16.4. The Bertz CT molecular complexity index is 240. The van der Waals surface area contributed by atoms with Crippen LogP contribution < -0.4 is 0 Å². The molecule has 0 saturated carbocycles. The molecule has 0 saturated heterocycles. The maximum Gasteiger partial charge on any atom is 0.181 e. The minimum atomic E-state index is -0.0181. The summed E-state index contributed by atoms with van der Waals surface area (Å²) in [6.07, 6.45) is 4.56. The van der Waals surface area contributed by atoms with E-state index in [1.165, 1.54) is 0 Å². The Hall–Kier alpha value is -0.900. The van der Waals surface area contributed by atoms with Gasteiger partial charge < -0.3 is 5.21 Å². The van der Waals surface area contributed by atoms with Crippen LogP contribution in [0.1, 0.15) is 52.9 Å². The van der Waals surface area contributed by atoms with E-state index in [2.05, 4.69) is 23.9 Å². The smallest absolute Gasteiger partial charge is 0.181 e. The lowest BCUT2D eigenvalue weighted by atomic mass is 10.1. The maximum absolute atomic E-state index is 11.8. The van der Waals surface area contributed by atoms with Gasteiger partial charge in [0.2, 0.25) is 0 Å². The third kappa shape index (κ3) is 7.10. The van der Waals surface area contributed by atoms with Gasteiger partial charge in [0.15, 0.2) is 5.78 Å². The fourth-order valence-corrected chi connectivity index (χ4v) is 1.73. The second-order valence-electron chi connectivity index (χ2n) is 4.30. The lowest BCUT2D eigenvalue weighted by molar-refractivity contribution is -0.113. The van der Waals surface area contributed by atoms with Crippen molar-refractivity contribution in [3.05, 3.63) is 0 Å². The van der Waals surface area contributed by atoms with Crippen molar-refractivity contribution in [2.24, 2.45) is 5.16 Å². The summed E-state index contributed by atoms with van der Waals surface area (Å²) < 4.78 is 0. The third-order valence-electron chi connectivity index (χ3n) is 2.81. The van der Waals surface area contributed by atoms with Crippen LogP contribution in [0.25, 0.3) is 0 Å². The summed E-state index contributed by atoms with van der Waals surface area (Å²) in [5, 5.41) is 12.1. The van der Waals surface area contributed by atoms with E-state index in [1.807, 2.05) is 6.92 Å². The number of carbonyl (C=O) groups is 1. The molecule has 4 nitrogen and oxygen atoms in total. The van der Waals surface area contributed by atoms with Crippen molar-refractivity contribution < 1.29 is 10.0 Å². The first-order valence-corrected chi connectivity index (χ1v) is 6.65. The Balaban J connectivity index is 4.17. The van der Waals surface area contributed by atoms with E-state index in [0.717, 1.165) is 38.8 Å². The predicted octanol–water partition coefficient (Wildman–Crippen LogP) is 2.70. The average Bonchev–Trinajstić information content (AvgIpc) is 2.34. The molecule has 4 heteroatoms. The van der Waals surface area contributed by atoms with Gasteiger partial charge in [-0.25, -0.2) is 0 Å². The van der Waals surface area contributed by atoms with Crippen molar-refractivity contribution in [2.45, 2.75) is 52.9 Å². The molecule has 0 atom stereocenters. The van der Waals surface area contributed by atoms with E-state index >= 15 is 0 Å². The summed E-state index contributed by atoms with van der Waals surface area (Å²) in [4.78, 5) is 13.9. The molecule has 0 aromatic carbocycles. The molecule has 0 aromatic heterocycles. The third-order valence-corrected chi connectivity index (χ3v) is 2.81. The van der Waals surface area contributed by atoms with Crippen molar-refractivity contribution in [3.63, 3.8) is 0 Å². The van der Waals surface area contributed by atoms with Crippen molar-refractivity contribution in [1.29, 1.82) is 0 Å². The second-order valence-corrected chi connectivity index (χ2v) is 4.30. The van der Waals surface area contributed by atoms with Gasteiger partial charge in [-0.2, -0.15) is 0 Å². The van der Waals surface area contributed by atoms with Crippen molar-refractivity contribution >= 4 is 11.5 Å². The number of unbranched alkanes of at least 4 members (excludes halogenated alkanes) is 2. The van der Waals surface area contributed by atoms with E-state index in [4.69, 9.17) is 5.21 Å². The molecule has 1 N–H and O–H groups in total. The zero-order valence-electron chi connectivity index (χ0n) is 11.4. The average molecular weight is 242 g/mol. The second kappa shape index (κ2) is 10.3. The first kappa shape index (κ1) is 16.1. The molecule has 0 amide bonds. The zero-order chi connectivity index (χ0) is 13.1. The highest BCUT2D eigenvalue weighted by Gasteiger charge is 2.14. The molecule has 0 aromatic rings. The molecular formula is C13H26N2O2. The first-order chi connectivity index (χ1) is 8.19. The van der Waals surface area contributed by atoms with Gasteiger partial charge in [-0.15, -0.1) is 0 Å². The topological polar surface area (TPSA) is 52.9 Å². The van der Waals surface area contributed by atoms with Crippen LogP contribution in [0, 0.1) is 0 Å². The van der Waals surface area contributed by atoms with Crippen LogP contribution >= 0.6 is 0 Å². The first-order valence-electron chi connectivity index (χ1n) is 6.65. The maximum atomic E-state index is 11.8. The SMILES string of the molecule is CCCCCC(=O)/C(CN(CC)CCC)=N\O. The molecule has 0 heterocycles. The molecule has 0 aliphatic heterocycles. The fourth-order valence-electron chi connectivity index (χ4n) is 1.73. The molecule has 0 aliphatic carbocycles. The van der Waals surface area contributed by atoms with Gasteiger partial charge >= 0.3 is 0 Å². The van der Waals surface area contributed by atoms with Gasteiger partial charge in [-0.1, -0.05) is 38.8 Å². The van der Waals surface area contributed by atoms with Gasteiger partial charge in [-0.05, 0) is 25.9 Å². The van der Waals surface area contributed by atoms with Crippen LogP contribution in [0.4, 0.5) is 0 Å². The van der Waals surface area contributed by atoms with Gasteiger partial charge in [0.05, 0.1) is 0 Å². The van der Waals surface area contributed by atoms with Crippen molar-refractivity contribution in [3.8, 4) is 0 Å². The van der Waals surface area contributed by atoms with Gasteiger partial charge in [-0.3, -0.25) is 9.69 Å². The molecule has 0 unspecified atom stereocenters. The lowest BCUT2D eigenvalue weighted by Crippen LogP contribution is -2.34. The Morgan fingerprint density at radius 1 is 1.18 bits per heavy atom. The standard InChI is InChI=1S/C13H26N2O2/c1-4-7-8-9-13(16)12(14-17)11-15(6-3)10-5-2/h17H,4-11H2,1-3H3/b14-12-. The van der Waals surface area contributed by atoms with Crippen LogP contribution in [0.3, 0.4) is 0 Å². The molecule has 0 spiro atoms. The lowest BCUT2D eigenvalue weighted by Gasteiger charge is -2.19.